The molecule has 0 amide bonds. The van der Waals surface area contributed by atoms with E-state index in [1.807, 2.05) is 0 Å². The highest BCUT2D eigenvalue weighted by Gasteiger charge is 2.44. The normalized spacial score (nSPS) is 29.2. The van der Waals surface area contributed by atoms with E-state index in [0.717, 1.165) is 18.4 Å². The lowest BCUT2D eigenvalue weighted by Crippen LogP contribution is -2.50. The van der Waals surface area contributed by atoms with Crippen LogP contribution < -0.4 is 5.73 Å². The quantitative estimate of drug-likeness (QED) is 0.840. The largest absolute Gasteiger partial charge is 0.321 e. The van der Waals surface area contributed by atoms with Crippen molar-refractivity contribution in [3.8, 4) is 0 Å². The summed E-state index contributed by atoms with van der Waals surface area (Å²) in [6.07, 6.45) is 1.88. The minimum absolute atomic E-state index is 0.308. The van der Waals surface area contributed by atoms with Gasteiger partial charge in [0, 0.05) is 10.6 Å². The first-order valence-electron chi connectivity index (χ1n) is 5.67. The summed E-state index contributed by atoms with van der Waals surface area (Å²) >= 11 is 6.03. The highest BCUT2D eigenvalue weighted by Crippen LogP contribution is 2.48. The fourth-order valence-electron chi connectivity index (χ4n) is 2.46. The van der Waals surface area contributed by atoms with Gasteiger partial charge in [0.15, 0.2) is 0 Å². The van der Waals surface area contributed by atoms with Crippen LogP contribution in [0.15, 0.2) is 18.2 Å². The van der Waals surface area contributed by atoms with Gasteiger partial charge in [0.1, 0.15) is 5.82 Å². The average molecular weight is 242 g/mol. The lowest BCUT2D eigenvalue weighted by atomic mass is 9.62. The maximum Gasteiger partial charge on any atom is 0.124 e. The van der Waals surface area contributed by atoms with E-state index in [1.54, 1.807) is 6.07 Å². The van der Waals surface area contributed by atoms with Gasteiger partial charge in [-0.1, -0.05) is 31.5 Å². The Kier molecular flexibility index (Phi) is 2.97. The van der Waals surface area contributed by atoms with Crippen molar-refractivity contribution in [1.29, 1.82) is 0 Å². The monoisotopic (exact) mass is 241 g/mol. The molecular formula is C13H17ClFN. The van der Waals surface area contributed by atoms with Crippen molar-refractivity contribution in [2.45, 2.75) is 32.2 Å². The lowest BCUT2D eigenvalue weighted by molar-refractivity contribution is 0.105. The van der Waals surface area contributed by atoms with Crippen LogP contribution in [0, 0.1) is 17.7 Å². The summed E-state index contributed by atoms with van der Waals surface area (Å²) in [6.45, 7) is 4.41. The van der Waals surface area contributed by atoms with Gasteiger partial charge in [-0.05, 0) is 42.4 Å². The van der Waals surface area contributed by atoms with Gasteiger partial charge < -0.3 is 5.73 Å². The zero-order chi connectivity index (χ0) is 11.9. The molecule has 0 saturated heterocycles. The Bertz CT molecular complexity index is 397. The predicted octanol–water partition coefficient (Wildman–Crippen LogP) is 3.70. The lowest BCUT2D eigenvalue weighted by Gasteiger charge is -2.47. The van der Waals surface area contributed by atoms with Crippen LogP contribution in [-0.2, 0) is 5.54 Å². The van der Waals surface area contributed by atoms with Crippen molar-refractivity contribution < 1.29 is 4.39 Å². The Morgan fingerprint density at radius 3 is 2.56 bits per heavy atom. The van der Waals surface area contributed by atoms with Crippen LogP contribution in [-0.4, -0.2) is 0 Å². The van der Waals surface area contributed by atoms with Crippen molar-refractivity contribution in [2.24, 2.45) is 17.6 Å². The van der Waals surface area contributed by atoms with Gasteiger partial charge in [-0.3, -0.25) is 0 Å². The summed E-state index contributed by atoms with van der Waals surface area (Å²) in [5, 5.41) is 0.449. The third-order valence-electron chi connectivity index (χ3n) is 3.66. The minimum atomic E-state index is -0.347. The van der Waals surface area contributed by atoms with Crippen LogP contribution in [0.4, 0.5) is 4.39 Å². The fraction of sp³-hybridized carbons (Fsp3) is 0.538. The molecule has 1 aromatic carbocycles. The first-order valence-corrected chi connectivity index (χ1v) is 6.04. The molecule has 0 aliphatic heterocycles. The molecule has 1 fully saturated rings. The number of benzene rings is 1. The van der Waals surface area contributed by atoms with Gasteiger partial charge in [-0.2, -0.15) is 0 Å². The predicted molar refractivity (Wildman–Crippen MR) is 64.8 cm³/mol. The number of hydrogen-bond acceptors (Lipinski definition) is 1. The van der Waals surface area contributed by atoms with Gasteiger partial charge in [0.25, 0.3) is 0 Å². The van der Waals surface area contributed by atoms with Gasteiger partial charge in [0.2, 0.25) is 0 Å². The molecule has 0 heterocycles. The highest BCUT2D eigenvalue weighted by molar-refractivity contribution is 6.31. The molecule has 1 aliphatic rings. The topological polar surface area (TPSA) is 26.0 Å². The molecule has 2 N–H and O–H groups in total. The van der Waals surface area contributed by atoms with E-state index in [1.165, 1.54) is 12.1 Å². The van der Waals surface area contributed by atoms with Crippen molar-refractivity contribution in [3.63, 3.8) is 0 Å². The van der Waals surface area contributed by atoms with E-state index in [2.05, 4.69) is 13.8 Å². The van der Waals surface area contributed by atoms with E-state index in [4.69, 9.17) is 17.3 Å². The molecule has 0 unspecified atom stereocenters. The number of nitrogens with two attached hydrogens (primary N) is 1. The average Bonchev–Trinajstić information content (AvgIpc) is 2.12. The Balaban J connectivity index is 2.20. The van der Waals surface area contributed by atoms with Crippen molar-refractivity contribution in [3.05, 3.63) is 34.6 Å². The number of halogens is 2. The summed E-state index contributed by atoms with van der Waals surface area (Å²) in [5.74, 6) is 0.999. The number of hydrogen-bond donors (Lipinski definition) is 1. The van der Waals surface area contributed by atoms with E-state index >= 15 is 0 Å². The summed E-state index contributed by atoms with van der Waals surface area (Å²) in [5.41, 5.74) is 6.83. The first-order chi connectivity index (χ1) is 7.42. The van der Waals surface area contributed by atoms with Crippen molar-refractivity contribution in [1.82, 2.24) is 0 Å². The molecule has 0 atom stereocenters. The molecule has 1 saturated carbocycles. The summed E-state index contributed by atoms with van der Waals surface area (Å²) in [7, 11) is 0. The zero-order valence-corrected chi connectivity index (χ0v) is 10.4. The van der Waals surface area contributed by atoms with E-state index in [0.29, 0.717) is 16.9 Å². The molecule has 1 nitrogen and oxygen atoms in total. The Morgan fingerprint density at radius 2 is 2.06 bits per heavy atom. The van der Waals surface area contributed by atoms with Crippen LogP contribution in [0.3, 0.4) is 0 Å². The number of rotatable bonds is 2. The molecule has 0 spiro atoms. The molecule has 0 bridgehead atoms. The smallest absolute Gasteiger partial charge is 0.124 e. The molecule has 0 radical (unpaired) electrons. The molecule has 3 heteroatoms. The zero-order valence-electron chi connectivity index (χ0n) is 9.63. The van der Waals surface area contributed by atoms with Crippen molar-refractivity contribution >= 4 is 11.6 Å². The highest BCUT2D eigenvalue weighted by atomic mass is 35.5. The maximum atomic E-state index is 12.9. The van der Waals surface area contributed by atoms with E-state index in [-0.39, 0.29) is 11.4 Å². The van der Waals surface area contributed by atoms with Gasteiger partial charge in [-0.15, -0.1) is 0 Å². The third kappa shape index (κ3) is 1.96. The molecule has 0 aromatic heterocycles. The van der Waals surface area contributed by atoms with E-state index < -0.39 is 0 Å². The van der Waals surface area contributed by atoms with Gasteiger partial charge >= 0.3 is 0 Å². The van der Waals surface area contributed by atoms with Gasteiger partial charge in [-0.25, -0.2) is 4.39 Å². The second-order valence-electron chi connectivity index (χ2n) is 5.19. The second kappa shape index (κ2) is 4.01. The van der Waals surface area contributed by atoms with Crippen LogP contribution in [0.2, 0.25) is 5.02 Å². The van der Waals surface area contributed by atoms with Crippen LogP contribution in [0.5, 0.6) is 0 Å². The van der Waals surface area contributed by atoms with Crippen molar-refractivity contribution in [2.75, 3.05) is 0 Å². The SMILES string of the molecule is CC(C)C1CC(N)(c2ccc(F)cc2Cl)C1. The molecule has 2 rings (SSSR count). The maximum absolute atomic E-state index is 12.9. The molecule has 16 heavy (non-hydrogen) atoms. The second-order valence-corrected chi connectivity index (χ2v) is 5.60. The van der Waals surface area contributed by atoms with Crippen LogP contribution >= 0.6 is 11.6 Å². The summed E-state index contributed by atoms with van der Waals surface area (Å²) < 4.78 is 12.9. The first kappa shape index (κ1) is 11.9. The Labute approximate surface area is 101 Å². The summed E-state index contributed by atoms with van der Waals surface area (Å²) in [4.78, 5) is 0. The molecule has 1 aliphatic carbocycles. The molecule has 1 aromatic rings. The molecular weight excluding hydrogens is 225 g/mol. The molecule has 88 valence electrons. The standard InChI is InChI=1S/C13H17ClFN/c1-8(2)9-6-13(16,7-9)11-4-3-10(15)5-12(11)14/h3-5,8-9H,6-7,16H2,1-2H3. The Hall–Kier alpha value is -0.600. The van der Waals surface area contributed by atoms with Gasteiger partial charge in [0.05, 0.1) is 0 Å². The summed E-state index contributed by atoms with van der Waals surface area (Å²) in [6, 6.07) is 4.49. The van der Waals surface area contributed by atoms with Crippen LogP contribution in [0.1, 0.15) is 32.3 Å². The van der Waals surface area contributed by atoms with Crippen LogP contribution in [0.25, 0.3) is 0 Å². The fourth-order valence-corrected chi connectivity index (χ4v) is 2.82. The minimum Gasteiger partial charge on any atom is -0.321 e. The third-order valence-corrected chi connectivity index (χ3v) is 3.98. The van der Waals surface area contributed by atoms with E-state index in [9.17, 15) is 4.39 Å². The Morgan fingerprint density at radius 1 is 1.44 bits per heavy atom.